The van der Waals surface area contributed by atoms with Crippen molar-refractivity contribution in [3.05, 3.63) is 59.8 Å². The van der Waals surface area contributed by atoms with Gasteiger partial charge in [-0.25, -0.2) is 4.98 Å². The number of carbonyl (C=O) groups is 1. The number of nitrogens with zero attached hydrogens (tertiary/aromatic N) is 4. The quantitative estimate of drug-likeness (QED) is 0.347. The van der Waals surface area contributed by atoms with Crippen LogP contribution in [0.1, 0.15) is 22.8 Å². The number of anilines is 1. The SMILES string of the molecule is CCNC(=NCCc1cccc(C(=O)NC)c1)N1CCN(c2ccccn2)CC1.I. The normalized spacial score (nSPS) is 14.1. The molecule has 162 valence electrons. The number of aliphatic imine (C=N–C) groups is 1. The van der Waals surface area contributed by atoms with E-state index in [9.17, 15) is 4.79 Å². The number of rotatable bonds is 6. The highest BCUT2D eigenvalue weighted by molar-refractivity contribution is 14.0. The maximum atomic E-state index is 11.8. The molecule has 1 aliphatic heterocycles. The number of nitrogens with one attached hydrogen (secondary N) is 2. The predicted octanol–water partition coefficient (Wildman–Crippen LogP) is 2.39. The van der Waals surface area contributed by atoms with Gasteiger partial charge in [0.15, 0.2) is 5.96 Å². The van der Waals surface area contributed by atoms with Crippen LogP contribution in [0.4, 0.5) is 5.82 Å². The molecule has 2 heterocycles. The van der Waals surface area contributed by atoms with Crippen LogP contribution in [0.3, 0.4) is 0 Å². The Morgan fingerprint density at radius 2 is 1.93 bits per heavy atom. The van der Waals surface area contributed by atoms with E-state index < -0.39 is 0 Å². The zero-order valence-corrected chi connectivity index (χ0v) is 20.0. The largest absolute Gasteiger partial charge is 0.357 e. The summed E-state index contributed by atoms with van der Waals surface area (Å²) in [4.78, 5) is 25.7. The Kier molecular flexibility index (Phi) is 9.85. The van der Waals surface area contributed by atoms with Crippen molar-refractivity contribution >= 4 is 41.7 Å². The van der Waals surface area contributed by atoms with Crippen molar-refractivity contribution in [2.24, 2.45) is 4.99 Å². The van der Waals surface area contributed by atoms with E-state index in [0.29, 0.717) is 12.1 Å². The second kappa shape index (κ2) is 12.4. The highest BCUT2D eigenvalue weighted by Gasteiger charge is 2.20. The van der Waals surface area contributed by atoms with Gasteiger partial charge in [-0.2, -0.15) is 0 Å². The molecule has 1 fully saturated rings. The number of piperazine rings is 1. The van der Waals surface area contributed by atoms with Crippen molar-refractivity contribution in [1.29, 1.82) is 0 Å². The molecule has 0 saturated carbocycles. The summed E-state index contributed by atoms with van der Waals surface area (Å²) in [6.07, 6.45) is 2.64. The topological polar surface area (TPSA) is 72.9 Å². The third-order valence-corrected chi connectivity index (χ3v) is 4.97. The number of aromatic nitrogens is 1. The van der Waals surface area contributed by atoms with Crippen LogP contribution < -0.4 is 15.5 Å². The van der Waals surface area contributed by atoms with Crippen LogP contribution in [-0.2, 0) is 6.42 Å². The van der Waals surface area contributed by atoms with E-state index in [1.54, 1.807) is 7.05 Å². The molecule has 0 atom stereocenters. The van der Waals surface area contributed by atoms with E-state index in [0.717, 1.165) is 56.5 Å². The van der Waals surface area contributed by atoms with Gasteiger partial charge in [0.1, 0.15) is 5.82 Å². The molecule has 30 heavy (non-hydrogen) atoms. The Balaban J connectivity index is 0.00000320. The van der Waals surface area contributed by atoms with Crippen molar-refractivity contribution in [3.63, 3.8) is 0 Å². The fraction of sp³-hybridized carbons (Fsp3) is 0.409. The van der Waals surface area contributed by atoms with Gasteiger partial charge in [-0.15, -0.1) is 24.0 Å². The molecular weight excluding hydrogens is 491 g/mol. The third-order valence-electron chi connectivity index (χ3n) is 4.97. The molecule has 8 heteroatoms. The maximum Gasteiger partial charge on any atom is 0.251 e. The summed E-state index contributed by atoms with van der Waals surface area (Å²) in [5, 5.41) is 6.08. The lowest BCUT2D eigenvalue weighted by Crippen LogP contribution is -2.52. The molecule has 1 amide bonds. The molecule has 2 aromatic rings. The molecular formula is C22H31IN6O. The molecule has 1 aromatic heterocycles. The van der Waals surface area contributed by atoms with Crippen LogP contribution in [-0.4, -0.2) is 68.1 Å². The fourth-order valence-electron chi connectivity index (χ4n) is 3.42. The standard InChI is InChI=1S/C22H30N6O.HI/c1-3-24-22(26-12-10-18-7-6-8-19(17-18)21(29)23-2)28-15-13-27(14-16-28)20-9-4-5-11-25-20;/h4-9,11,17H,3,10,12-16H2,1-2H3,(H,23,29)(H,24,26);1H. The van der Waals surface area contributed by atoms with Crippen LogP contribution >= 0.6 is 24.0 Å². The van der Waals surface area contributed by atoms with Gasteiger partial charge in [-0.1, -0.05) is 18.2 Å². The Morgan fingerprint density at radius 1 is 1.13 bits per heavy atom. The van der Waals surface area contributed by atoms with Crippen LogP contribution in [0, 0.1) is 0 Å². The molecule has 1 saturated heterocycles. The van der Waals surface area contributed by atoms with Gasteiger partial charge < -0.3 is 20.4 Å². The summed E-state index contributed by atoms with van der Waals surface area (Å²) in [7, 11) is 1.65. The Hall–Kier alpha value is -2.36. The number of carbonyl (C=O) groups excluding carboxylic acids is 1. The van der Waals surface area contributed by atoms with E-state index in [1.165, 1.54) is 0 Å². The Morgan fingerprint density at radius 3 is 2.60 bits per heavy atom. The summed E-state index contributed by atoms with van der Waals surface area (Å²) >= 11 is 0. The fourth-order valence-corrected chi connectivity index (χ4v) is 3.42. The van der Waals surface area contributed by atoms with E-state index in [-0.39, 0.29) is 29.9 Å². The lowest BCUT2D eigenvalue weighted by molar-refractivity contribution is 0.0963. The van der Waals surface area contributed by atoms with Crippen LogP contribution in [0.5, 0.6) is 0 Å². The van der Waals surface area contributed by atoms with Crippen molar-refractivity contribution < 1.29 is 4.79 Å². The first-order valence-electron chi connectivity index (χ1n) is 10.2. The third kappa shape index (κ3) is 6.58. The first-order valence-corrected chi connectivity index (χ1v) is 10.2. The smallest absolute Gasteiger partial charge is 0.251 e. The summed E-state index contributed by atoms with van der Waals surface area (Å²) in [5.41, 5.74) is 1.80. The van der Waals surface area contributed by atoms with E-state index in [1.807, 2.05) is 42.6 Å². The number of hydrogen-bond donors (Lipinski definition) is 2. The molecule has 1 aromatic carbocycles. The Bertz CT molecular complexity index is 821. The lowest BCUT2D eigenvalue weighted by atomic mass is 10.1. The molecule has 0 spiro atoms. The maximum absolute atomic E-state index is 11.8. The zero-order valence-electron chi connectivity index (χ0n) is 17.7. The summed E-state index contributed by atoms with van der Waals surface area (Å²) in [5.74, 6) is 1.93. The van der Waals surface area contributed by atoms with Gasteiger partial charge in [0.2, 0.25) is 0 Å². The number of guanidine groups is 1. The molecule has 2 N–H and O–H groups in total. The minimum absolute atomic E-state index is 0. The molecule has 7 nitrogen and oxygen atoms in total. The van der Waals surface area contributed by atoms with Gasteiger partial charge in [-0.05, 0) is 43.2 Å². The minimum Gasteiger partial charge on any atom is -0.357 e. The molecule has 0 radical (unpaired) electrons. The van der Waals surface area contributed by atoms with Gasteiger partial charge in [0.25, 0.3) is 5.91 Å². The first-order chi connectivity index (χ1) is 14.2. The predicted molar refractivity (Wildman–Crippen MR) is 133 cm³/mol. The van der Waals surface area contributed by atoms with Crippen molar-refractivity contribution in [1.82, 2.24) is 20.5 Å². The summed E-state index contributed by atoms with van der Waals surface area (Å²) in [6.45, 7) is 7.28. The average Bonchev–Trinajstić information content (AvgIpc) is 2.79. The number of pyridine rings is 1. The van der Waals surface area contributed by atoms with Gasteiger partial charge in [0.05, 0.1) is 0 Å². The van der Waals surface area contributed by atoms with E-state index >= 15 is 0 Å². The second-order valence-electron chi connectivity index (χ2n) is 6.93. The van der Waals surface area contributed by atoms with Crippen LogP contribution in [0.25, 0.3) is 0 Å². The zero-order chi connectivity index (χ0) is 20.5. The highest BCUT2D eigenvalue weighted by atomic mass is 127. The Labute approximate surface area is 196 Å². The minimum atomic E-state index is -0.0607. The molecule has 0 aliphatic carbocycles. The highest BCUT2D eigenvalue weighted by Crippen LogP contribution is 2.13. The number of benzene rings is 1. The second-order valence-corrected chi connectivity index (χ2v) is 6.93. The van der Waals surface area contributed by atoms with Gasteiger partial charge >= 0.3 is 0 Å². The van der Waals surface area contributed by atoms with Crippen molar-refractivity contribution in [2.45, 2.75) is 13.3 Å². The van der Waals surface area contributed by atoms with Crippen molar-refractivity contribution in [3.8, 4) is 0 Å². The number of hydrogen-bond acceptors (Lipinski definition) is 4. The van der Waals surface area contributed by atoms with Crippen LogP contribution in [0.15, 0.2) is 53.7 Å². The molecule has 0 bridgehead atoms. The number of halogens is 1. The average molecular weight is 522 g/mol. The molecule has 1 aliphatic rings. The lowest BCUT2D eigenvalue weighted by Gasteiger charge is -2.37. The molecule has 0 unspecified atom stereocenters. The van der Waals surface area contributed by atoms with E-state index in [4.69, 9.17) is 4.99 Å². The van der Waals surface area contributed by atoms with Crippen molar-refractivity contribution in [2.75, 3.05) is 51.2 Å². The monoisotopic (exact) mass is 522 g/mol. The first kappa shape index (κ1) is 23.9. The van der Waals surface area contributed by atoms with Gasteiger partial charge in [0, 0.05) is 58.1 Å². The van der Waals surface area contributed by atoms with Gasteiger partial charge in [-0.3, -0.25) is 9.79 Å². The van der Waals surface area contributed by atoms with Crippen LogP contribution in [0.2, 0.25) is 0 Å². The summed E-state index contributed by atoms with van der Waals surface area (Å²) in [6, 6.07) is 13.8. The molecule has 3 rings (SSSR count). The van der Waals surface area contributed by atoms with E-state index in [2.05, 4.69) is 38.4 Å². The number of amides is 1. The summed E-state index contributed by atoms with van der Waals surface area (Å²) < 4.78 is 0.